The van der Waals surface area contributed by atoms with Crippen molar-refractivity contribution in [3.8, 4) is 23.0 Å². The summed E-state index contributed by atoms with van der Waals surface area (Å²) in [4.78, 5) is 12.8. The molecule has 0 spiro atoms. The Kier molecular flexibility index (Phi) is 5.77. The van der Waals surface area contributed by atoms with Crippen LogP contribution in [0.25, 0.3) is 22.1 Å². The highest BCUT2D eigenvalue weighted by molar-refractivity contribution is 7.77. The average Bonchev–Trinajstić information content (AvgIpc) is 2.65. The number of fused-ring (bicyclic) bond motifs is 1. The van der Waals surface area contributed by atoms with Crippen LogP contribution in [0.15, 0.2) is 57.9 Å². The Hall–Kier alpha value is -2.76. The van der Waals surface area contributed by atoms with Gasteiger partial charge in [0.1, 0.15) is 17.4 Å². The van der Waals surface area contributed by atoms with E-state index in [0.717, 1.165) is 5.56 Å². The summed E-state index contributed by atoms with van der Waals surface area (Å²) < 4.78 is 29.0. The standard InChI is InChI=1S/C21H19NO5S/c1-21(2,24)10-9-14-5-8-17-19(11-14)27-13-18(20(17)23)16-6-3-15(4-7-16)12-22-28(25)26/h3-8,11,13,22,24H,12H2,1-2H3,(H,25,26)/p-1. The van der Waals surface area contributed by atoms with Crippen LogP contribution in [0.3, 0.4) is 0 Å². The molecule has 2 N–H and O–H groups in total. The first kappa shape index (κ1) is 20.0. The van der Waals surface area contributed by atoms with E-state index in [2.05, 4.69) is 16.6 Å². The van der Waals surface area contributed by atoms with Gasteiger partial charge in [-0.05, 0) is 43.2 Å². The molecule has 28 heavy (non-hydrogen) atoms. The molecule has 0 fully saturated rings. The molecular formula is C21H18NO5S-. The van der Waals surface area contributed by atoms with Crippen molar-refractivity contribution >= 4 is 22.2 Å². The molecule has 1 atom stereocenters. The van der Waals surface area contributed by atoms with Crippen LogP contribution in [0.4, 0.5) is 0 Å². The second-order valence-electron chi connectivity index (χ2n) is 6.75. The van der Waals surface area contributed by atoms with Crippen LogP contribution in [0, 0.1) is 11.8 Å². The highest BCUT2D eigenvalue weighted by atomic mass is 32.2. The normalized spacial score (nSPS) is 12.4. The Morgan fingerprint density at radius 1 is 1.21 bits per heavy atom. The van der Waals surface area contributed by atoms with Gasteiger partial charge in [-0.3, -0.25) is 9.00 Å². The molecule has 0 radical (unpaired) electrons. The van der Waals surface area contributed by atoms with Gasteiger partial charge in [-0.25, -0.2) is 4.72 Å². The van der Waals surface area contributed by atoms with E-state index in [1.807, 2.05) is 0 Å². The molecule has 7 heteroatoms. The molecule has 0 aliphatic carbocycles. The van der Waals surface area contributed by atoms with Gasteiger partial charge in [-0.1, -0.05) is 36.1 Å². The van der Waals surface area contributed by atoms with Crippen LogP contribution in [-0.2, 0) is 17.8 Å². The number of benzene rings is 2. The molecule has 0 amide bonds. The Balaban J connectivity index is 1.93. The third-order valence-electron chi connectivity index (χ3n) is 3.95. The summed E-state index contributed by atoms with van der Waals surface area (Å²) in [5.41, 5.74) is 1.63. The lowest BCUT2D eigenvalue weighted by Gasteiger charge is -2.08. The van der Waals surface area contributed by atoms with Crippen LogP contribution < -0.4 is 10.2 Å². The molecule has 6 nitrogen and oxygen atoms in total. The van der Waals surface area contributed by atoms with Crippen molar-refractivity contribution in [3.05, 3.63) is 70.1 Å². The van der Waals surface area contributed by atoms with Gasteiger partial charge in [-0.15, -0.1) is 0 Å². The Bertz CT molecular complexity index is 1150. The molecule has 0 aliphatic heterocycles. The number of aliphatic hydroxyl groups is 1. The lowest BCUT2D eigenvalue weighted by Crippen LogP contribution is -2.15. The van der Waals surface area contributed by atoms with Crippen LogP contribution in [0.1, 0.15) is 25.0 Å². The molecule has 1 aromatic heterocycles. The predicted octanol–water partition coefficient (Wildman–Crippen LogP) is 2.47. The van der Waals surface area contributed by atoms with Crippen LogP contribution in [0.2, 0.25) is 0 Å². The Morgan fingerprint density at radius 3 is 2.57 bits per heavy atom. The van der Waals surface area contributed by atoms with Gasteiger partial charge < -0.3 is 14.1 Å². The minimum Gasteiger partial charge on any atom is -0.760 e. The Morgan fingerprint density at radius 2 is 1.93 bits per heavy atom. The molecule has 3 rings (SSSR count). The van der Waals surface area contributed by atoms with E-state index in [1.165, 1.54) is 6.26 Å². The quantitative estimate of drug-likeness (QED) is 0.521. The maximum atomic E-state index is 12.8. The van der Waals surface area contributed by atoms with E-state index in [-0.39, 0.29) is 12.0 Å². The maximum Gasteiger partial charge on any atom is 0.200 e. The Labute approximate surface area is 164 Å². The largest absolute Gasteiger partial charge is 0.760 e. The smallest absolute Gasteiger partial charge is 0.200 e. The molecule has 2 aromatic carbocycles. The minimum absolute atomic E-state index is 0.171. The van der Waals surface area contributed by atoms with E-state index >= 15 is 0 Å². The number of rotatable bonds is 4. The maximum absolute atomic E-state index is 12.8. The monoisotopic (exact) mass is 396 g/mol. The third kappa shape index (κ3) is 4.94. The van der Waals surface area contributed by atoms with Crippen LogP contribution >= 0.6 is 0 Å². The van der Waals surface area contributed by atoms with Gasteiger partial charge in [0.2, 0.25) is 0 Å². The summed E-state index contributed by atoms with van der Waals surface area (Å²) in [6.07, 6.45) is 1.40. The summed E-state index contributed by atoms with van der Waals surface area (Å²) in [6.45, 7) is 3.36. The van der Waals surface area contributed by atoms with Gasteiger partial charge >= 0.3 is 0 Å². The zero-order chi connectivity index (χ0) is 20.3. The number of hydrogen-bond acceptors (Lipinski definition) is 5. The zero-order valence-electron chi connectivity index (χ0n) is 15.3. The van der Waals surface area contributed by atoms with Crippen molar-refractivity contribution in [2.45, 2.75) is 26.0 Å². The van der Waals surface area contributed by atoms with E-state index in [0.29, 0.717) is 27.7 Å². The van der Waals surface area contributed by atoms with Crippen molar-refractivity contribution in [2.24, 2.45) is 0 Å². The first-order valence-corrected chi connectivity index (χ1v) is 9.54. The number of hydrogen-bond donors (Lipinski definition) is 2. The highest BCUT2D eigenvalue weighted by Crippen LogP contribution is 2.21. The van der Waals surface area contributed by atoms with Crippen LogP contribution in [0.5, 0.6) is 0 Å². The predicted molar refractivity (Wildman–Crippen MR) is 107 cm³/mol. The summed E-state index contributed by atoms with van der Waals surface area (Å²) in [7, 11) is 0. The minimum atomic E-state index is -2.32. The molecule has 0 saturated heterocycles. The second-order valence-corrected chi connectivity index (χ2v) is 7.51. The van der Waals surface area contributed by atoms with Gasteiger partial charge in [0.25, 0.3) is 0 Å². The molecule has 0 saturated carbocycles. The fourth-order valence-corrected chi connectivity index (χ4v) is 2.86. The van der Waals surface area contributed by atoms with E-state index in [9.17, 15) is 18.7 Å². The van der Waals surface area contributed by atoms with Gasteiger partial charge in [0.05, 0.1) is 10.9 Å². The third-order valence-corrected chi connectivity index (χ3v) is 4.33. The van der Waals surface area contributed by atoms with Crippen molar-refractivity contribution in [3.63, 3.8) is 0 Å². The highest BCUT2D eigenvalue weighted by Gasteiger charge is 2.10. The second kappa shape index (κ2) is 8.09. The lowest BCUT2D eigenvalue weighted by atomic mass is 10.0. The molecule has 1 heterocycles. The molecule has 0 aliphatic rings. The average molecular weight is 396 g/mol. The first-order chi connectivity index (χ1) is 13.2. The molecular weight excluding hydrogens is 378 g/mol. The van der Waals surface area contributed by atoms with E-state index in [1.54, 1.807) is 56.3 Å². The summed E-state index contributed by atoms with van der Waals surface area (Å²) >= 11 is -2.32. The van der Waals surface area contributed by atoms with Crippen molar-refractivity contribution in [1.29, 1.82) is 0 Å². The summed E-state index contributed by atoms with van der Waals surface area (Å²) in [6, 6.07) is 12.0. The van der Waals surface area contributed by atoms with Gasteiger partial charge in [-0.2, -0.15) is 0 Å². The fraction of sp³-hybridized carbons (Fsp3) is 0.190. The van der Waals surface area contributed by atoms with Crippen molar-refractivity contribution in [1.82, 2.24) is 4.72 Å². The SMILES string of the molecule is CC(C)(O)C#Cc1ccc2c(=O)c(-c3ccc(CNS(=O)[O-])cc3)coc2c1. The molecule has 1 unspecified atom stereocenters. The first-order valence-electron chi connectivity index (χ1n) is 8.46. The van der Waals surface area contributed by atoms with Crippen molar-refractivity contribution < 1.29 is 18.3 Å². The van der Waals surface area contributed by atoms with E-state index in [4.69, 9.17) is 4.42 Å². The fourth-order valence-electron chi connectivity index (χ4n) is 2.57. The summed E-state index contributed by atoms with van der Waals surface area (Å²) in [5, 5.41) is 10.1. The van der Waals surface area contributed by atoms with Gasteiger partial charge in [0.15, 0.2) is 5.43 Å². The van der Waals surface area contributed by atoms with Crippen molar-refractivity contribution in [2.75, 3.05) is 0 Å². The number of nitrogens with one attached hydrogen (secondary N) is 1. The zero-order valence-corrected chi connectivity index (χ0v) is 16.1. The molecule has 3 aromatic rings. The topological polar surface area (TPSA) is 103 Å². The van der Waals surface area contributed by atoms with Crippen LogP contribution in [-0.4, -0.2) is 19.5 Å². The lowest BCUT2D eigenvalue weighted by molar-refractivity contribution is 0.143. The van der Waals surface area contributed by atoms with E-state index < -0.39 is 16.9 Å². The molecule has 0 bridgehead atoms. The molecule has 144 valence electrons. The van der Waals surface area contributed by atoms with Gasteiger partial charge in [0, 0.05) is 23.4 Å². The summed E-state index contributed by atoms with van der Waals surface area (Å²) in [5.74, 6) is 5.58.